The van der Waals surface area contributed by atoms with Crippen LogP contribution in [0.25, 0.3) is 5.76 Å². The normalized spacial score (nSPS) is 17.7. The van der Waals surface area contributed by atoms with Crippen LogP contribution in [0.4, 0.5) is 5.69 Å². The number of ether oxygens (including phenoxy) is 1. The van der Waals surface area contributed by atoms with E-state index in [0.29, 0.717) is 34.5 Å². The molecule has 1 N–H and O–H groups in total. The molecule has 0 spiro atoms. The van der Waals surface area contributed by atoms with Crippen molar-refractivity contribution in [3.63, 3.8) is 0 Å². The van der Waals surface area contributed by atoms with Crippen LogP contribution >= 0.6 is 22.9 Å². The van der Waals surface area contributed by atoms with E-state index in [1.165, 1.54) is 16.2 Å². The van der Waals surface area contributed by atoms with Gasteiger partial charge < -0.3 is 9.84 Å². The number of aryl methyl sites for hydroxylation is 1. The monoisotopic (exact) mass is 481 g/mol. The van der Waals surface area contributed by atoms with E-state index >= 15 is 0 Å². The average Bonchev–Trinajstić information content (AvgIpc) is 3.33. The maximum atomic E-state index is 13.2. The van der Waals surface area contributed by atoms with Gasteiger partial charge in [0.15, 0.2) is 0 Å². The van der Waals surface area contributed by atoms with Crippen molar-refractivity contribution in [3.05, 3.63) is 86.6 Å². The summed E-state index contributed by atoms with van der Waals surface area (Å²) in [4.78, 5) is 28.6. The van der Waals surface area contributed by atoms with Gasteiger partial charge in [-0.1, -0.05) is 25.4 Å². The molecule has 1 aliphatic rings. The Morgan fingerprint density at radius 1 is 1.09 bits per heavy atom. The zero-order valence-corrected chi connectivity index (χ0v) is 20.1. The Balaban J connectivity index is 1.80. The summed E-state index contributed by atoms with van der Waals surface area (Å²) < 4.78 is 5.71. The third-order valence-electron chi connectivity index (χ3n) is 5.41. The van der Waals surface area contributed by atoms with Gasteiger partial charge >= 0.3 is 0 Å². The van der Waals surface area contributed by atoms with Crippen LogP contribution in [-0.4, -0.2) is 23.4 Å². The van der Waals surface area contributed by atoms with Crippen LogP contribution in [0, 0.1) is 12.8 Å². The second-order valence-corrected chi connectivity index (χ2v) is 9.73. The maximum Gasteiger partial charge on any atom is 0.300 e. The summed E-state index contributed by atoms with van der Waals surface area (Å²) in [6.45, 7) is 6.63. The molecule has 2 aromatic carbocycles. The molecular weight excluding hydrogens is 458 g/mol. The molecule has 0 aliphatic carbocycles. The SMILES string of the molecule is Cc1ccsc1C1/C(=C(/O)c2ccc(OCC(C)C)cc2)C(=O)C(=O)N1c1ccc(Cl)cc1. The van der Waals surface area contributed by atoms with Gasteiger partial charge in [-0.05, 0) is 78.4 Å². The fourth-order valence-electron chi connectivity index (χ4n) is 3.74. The third-order valence-corrected chi connectivity index (χ3v) is 6.73. The molecule has 0 radical (unpaired) electrons. The lowest BCUT2D eigenvalue weighted by molar-refractivity contribution is -0.132. The molecule has 1 aromatic heterocycles. The fourth-order valence-corrected chi connectivity index (χ4v) is 4.89. The summed E-state index contributed by atoms with van der Waals surface area (Å²) in [6, 6.07) is 14.8. The molecule has 3 aromatic rings. The summed E-state index contributed by atoms with van der Waals surface area (Å²) in [5.41, 5.74) is 1.99. The van der Waals surface area contributed by atoms with E-state index in [0.717, 1.165) is 10.4 Å². The van der Waals surface area contributed by atoms with Crippen molar-refractivity contribution in [2.24, 2.45) is 5.92 Å². The molecule has 1 aliphatic heterocycles. The molecule has 2 heterocycles. The number of ketones is 1. The summed E-state index contributed by atoms with van der Waals surface area (Å²) in [5, 5.41) is 13.6. The van der Waals surface area contributed by atoms with E-state index in [4.69, 9.17) is 16.3 Å². The van der Waals surface area contributed by atoms with Gasteiger partial charge in [0.1, 0.15) is 17.6 Å². The van der Waals surface area contributed by atoms with Gasteiger partial charge in [0.2, 0.25) is 0 Å². The highest BCUT2D eigenvalue weighted by Crippen LogP contribution is 2.45. The number of hydrogen-bond donors (Lipinski definition) is 1. The predicted molar refractivity (Wildman–Crippen MR) is 132 cm³/mol. The number of thiophene rings is 1. The van der Waals surface area contributed by atoms with Crippen LogP contribution in [0.3, 0.4) is 0 Å². The Hall–Kier alpha value is -3.09. The zero-order valence-electron chi connectivity index (χ0n) is 18.5. The highest BCUT2D eigenvalue weighted by atomic mass is 35.5. The van der Waals surface area contributed by atoms with Gasteiger partial charge in [0, 0.05) is 21.2 Å². The number of amides is 1. The van der Waals surface area contributed by atoms with Crippen LogP contribution in [0.2, 0.25) is 5.02 Å². The second kappa shape index (κ2) is 9.41. The number of benzene rings is 2. The van der Waals surface area contributed by atoms with Crippen LogP contribution in [0.15, 0.2) is 65.6 Å². The number of carbonyl (C=O) groups excluding carboxylic acids is 2. The molecule has 0 bridgehead atoms. The minimum atomic E-state index is -0.733. The molecule has 1 fully saturated rings. The van der Waals surface area contributed by atoms with Crippen LogP contribution in [0.5, 0.6) is 5.75 Å². The smallest absolute Gasteiger partial charge is 0.300 e. The van der Waals surface area contributed by atoms with E-state index < -0.39 is 17.7 Å². The quantitative estimate of drug-likeness (QED) is 0.252. The summed E-state index contributed by atoms with van der Waals surface area (Å²) in [6.07, 6.45) is 0. The first kappa shape index (κ1) is 23.1. The summed E-state index contributed by atoms with van der Waals surface area (Å²) in [5.74, 6) is -0.560. The molecular formula is C26H24ClNO4S. The molecule has 1 unspecified atom stereocenters. The van der Waals surface area contributed by atoms with Gasteiger partial charge in [0.05, 0.1) is 12.2 Å². The van der Waals surface area contributed by atoms with Crippen LogP contribution < -0.4 is 9.64 Å². The number of aliphatic hydroxyl groups is 1. The highest BCUT2D eigenvalue weighted by molar-refractivity contribution is 7.10. The number of aliphatic hydroxyl groups excluding tert-OH is 1. The molecule has 1 saturated heterocycles. The highest BCUT2D eigenvalue weighted by Gasteiger charge is 2.47. The first-order chi connectivity index (χ1) is 15.8. The number of Topliss-reactive ketones (excluding diaryl/α,β-unsaturated/α-hetero) is 1. The van der Waals surface area contributed by atoms with Crippen molar-refractivity contribution >= 4 is 46.1 Å². The minimum absolute atomic E-state index is 0.0661. The standard InChI is InChI=1S/C26H24ClNO4S/c1-15(2)14-32-20-10-4-17(5-11-20)23(29)21-22(25-16(3)12-13-33-25)28(26(31)24(21)30)19-8-6-18(27)7-9-19/h4-13,15,22,29H,14H2,1-3H3/b23-21-. The fraction of sp³-hybridized carbons (Fsp3) is 0.231. The molecule has 4 rings (SSSR count). The topological polar surface area (TPSA) is 66.8 Å². The van der Waals surface area contributed by atoms with Crippen molar-refractivity contribution in [1.82, 2.24) is 0 Å². The molecule has 0 saturated carbocycles. The van der Waals surface area contributed by atoms with Crippen molar-refractivity contribution in [2.45, 2.75) is 26.8 Å². The van der Waals surface area contributed by atoms with Crippen molar-refractivity contribution in [1.29, 1.82) is 0 Å². The Bertz CT molecular complexity index is 1210. The third kappa shape index (κ3) is 4.54. The first-order valence-electron chi connectivity index (χ1n) is 10.6. The van der Waals surface area contributed by atoms with Gasteiger partial charge in [-0.15, -0.1) is 11.3 Å². The van der Waals surface area contributed by atoms with E-state index in [9.17, 15) is 14.7 Å². The molecule has 33 heavy (non-hydrogen) atoms. The Labute approximate surface area is 201 Å². The van der Waals surface area contributed by atoms with Crippen LogP contribution in [-0.2, 0) is 9.59 Å². The zero-order chi connectivity index (χ0) is 23.7. The molecule has 170 valence electrons. The van der Waals surface area contributed by atoms with Gasteiger partial charge in [0.25, 0.3) is 11.7 Å². The molecule has 7 heteroatoms. The van der Waals surface area contributed by atoms with Gasteiger partial charge in [-0.3, -0.25) is 14.5 Å². The van der Waals surface area contributed by atoms with E-state index in [1.807, 2.05) is 18.4 Å². The van der Waals surface area contributed by atoms with Crippen molar-refractivity contribution in [3.8, 4) is 5.75 Å². The number of anilines is 1. The van der Waals surface area contributed by atoms with E-state index in [2.05, 4.69) is 13.8 Å². The Morgan fingerprint density at radius 2 is 1.76 bits per heavy atom. The lowest BCUT2D eigenvalue weighted by Crippen LogP contribution is -2.29. The molecule has 5 nitrogen and oxygen atoms in total. The Kier molecular flexibility index (Phi) is 6.58. The molecule has 1 atom stereocenters. The van der Waals surface area contributed by atoms with Crippen LogP contribution in [0.1, 0.15) is 35.9 Å². The Morgan fingerprint density at radius 3 is 2.33 bits per heavy atom. The predicted octanol–water partition coefficient (Wildman–Crippen LogP) is 6.37. The summed E-state index contributed by atoms with van der Waals surface area (Å²) in [7, 11) is 0. The van der Waals surface area contributed by atoms with Crippen molar-refractivity contribution < 1.29 is 19.4 Å². The lowest BCUT2D eigenvalue weighted by Gasteiger charge is -2.25. The number of nitrogens with zero attached hydrogens (tertiary/aromatic N) is 1. The average molecular weight is 482 g/mol. The lowest BCUT2D eigenvalue weighted by atomic mass is 9.98. The molecule has 1 amide bonds. The number of hydrogen-bond acceptors (Lipinski definition) is 5. The number of rotatable bonds is 6. The minimum Gasteiger partial charge on any atom is -0.507 e. The first-order valence-corrected chi connectivity index (χ1v) is 11.9. The second-order valence-electron chi connectivity index (χ2n) is 8.34. The largest absolute Gasteiger partial charge is 0.507 e. The van der Waals surface area contributed by atoms with E-state index in [-0.39, 0.29) is 11.3 Å². The van der Waals surface area contributed by atoms with E-state index in [1.54, 1.807) is 48.5 Å². The van der Waals surface area contributed by atoms with Gasteiger partial charge in [-0.2, -0.15) is 0 Å². The number of carbonyl (C=O) groups is 2. The number of halogens is 1. The maximum absolute atomic E-state index is 13.2. The summed E-state index contributed by atoms with van der Waals surface area (Å²) >= 11 is 7.47. The van der Waals surface area contributed by atoms with Crippen molar-refractivity contribution in [2.75, 3.05) is 11.5 Å². The van der Waals surface area contributed by atoms with Gasteiger partial charge in [-0.25, -0.2) is 0 Å².